The highest BCUT2D eigenvalue weighted by Gasteiger charge is 2.16. The van der Waals surface area contributed by atoms with Crippen molar-refractivity contribution in [1.82, 2.24) is 0 Å². The van der Waals surface area contributed by atoms with Crippen molar-refractivity contribution in [3.8, 4) is 0 Å². The van der Waals surface area contributed by atoms with Crippen molar-refractivity contribution in [3.63, 3.8) is 0 Å². The number of nitrogens with zero attached hydrogens (tertiary/aromatic N) is 1. The average molecular weight is 157 g/mol. The second-order valence-corrected chi connectivity index (χ2v) is 2.70. The van der Waals surface area contributed by atoms with Crippen LogP contribution in [0.3, 0.4) is 0 Å². The van der Waals surface area contributed by atoms with Gasteiger partial charge in [0.15, 0.2) is 0 Å². The van der Waals surface area contributed by atoms with E-state index in [-0.39, 0.29) is 5.92 Å². The van der Waals surface area contributed by atoms with Crippen LogP contribution in [0.2, 0.25) is 0 Å². The van der Waals surface area contributed by atoms with Crippen LogP contribution in [-0.2, 0) is 4.79 Å². The molecule has 0 bridgehead atoms. The summed E-state index contributed by atoms with van der Waals surface area (Å²) in [6, 6.07) is 0. The Morgan fingerprint density at radius 2 is 1.73 bits per heavy atom. The Balaban J connectivity index is 3.86. The van der Waals surface area contributed by atoms with Crippen LogP contribution in [0.5, 0.6) is 0 Å². The molecule has 0 aromatic carbocycles. The molecular weight excluding hydrogens is 142 g/mol. The number of carbonyl (C=O) groups is 1. The largest absolute Gasteiger partial charge is 0.289 e. The Bertz CT molecular complexity index is 128. The van der Waals surface area contributed by atoms with Crippen molar-refractivity contribution in [3.05, 3.63) is 4.91 Å². The van der Waals surface area contributed by atoms with Crippen LogP contribution >= 0.6 is 0 Å². The summed E-state index contributed by atoms with van der Waals surface area (Å²) in [5, 5.41) is 2.44. The van der Waals surface area contributed by atoms with Crippen molar-refractivity contribution in [2.75, 3.05) is 0 Å². The van der Waals surface area contributed by atoms with Crippen molar-refractivity contribution < 1.29 is 4.79 Å². The van der Waals surface area contributed by atoms with E-state index in [1.807, 2.05) is 13.8 Å². The summed E-state index contributed by atoms with van der Waals surface area (Å²) in [6.07, 6.45) is 3.45. The fourth-order valence-corrected chi connectivity index (χ4v) is 1.16. The summed E-state index contributed by atoms with van der Waals surface area (Å²) in [5.74, 6) is -0.601. The molecule has 0 saturated heterocycles. The van der Waals surface area contributed by atoms with Gasteiger partial charge in [-0.15, -0.1) is 4.91 Å². The quantitative estimate of drug-likeness (QED) is 0.575. The molecule has 0 atom stereocenters. The first-order valence-electron chi connectivity index (χ1n) is 4.13. The van der Waals surface area contributed by atoms with Gasteiger partial charge in [-0.2, -0.15) is 0 Å². The predicted octanol–water partition coefficient (Wildman–Crippen LogP) is 2.50. The molecule has 0 aromatic heterocycles. The van der Waals surface area contributed by atoms with E-state index >= 15 is 0 Å². The van der Waals surface area contributed by atoms with E-state index in [4.69, 9.17) is 0 Å². The van der Waals surface area contributed by atoms with Crippen LogP contribution in [-0.4, -0.2) is 5.91 Å². The van der Waals surface area contributed by atoms with Gasteiger partial charge >= 0.3 is 0 Å². The number of rotatable bonds is 5. The summed E-state index contributed by atoms with van der Waals surface area (Å²) in [7, 11) is 0. The molecule has 11 heavy (non-hydrogen) atoms. The lowest BCUT2D eigenvalue weighted by atomic mass is 9.98. The molecule has 0 rings (SSSR count). The molecule has 0 radical (unpaired) electrons. The smallest absolute Gasteiger partial charge is 0.269 e. The second-order valence-electron chi connectivity index (χ2n) is 2.70. The van der Waals surface area contributed by atoms with E-state index < -0.39 is 5.91 Å². The molecule has 0 heterocycles. The third-order valence-corrected chi connectivity index (χ3v) is 1.71. The van der Waals surface area contributed by atoms with Crippen LogP contribution in [0.4, 0.5) is 0 Å². The van der Waals surface area contributed by atoms with E-state index in [1.165, 1.54) is 0 Å². The van der Waals surface area contributed by atoms with Gasteiger partial charge in [-0.3, -0.25) is 4.79 Å². The Kier molecular flexibility index (Phi) is 5.61. The topological polar surface area (TPSA) is 46.5 Å². The number of hydrogen-bond donors (Lipinski definition) is 0. The first-order valence-corrected chi connectivity index (χ1v) is 4.13. The monoisotopic (exact) mass is 157 g/mol. The van der Waals surface area contributed by atoms with Crippen LogP contribution in [0.25, 0.3) is 0 Å². The maximum absolute atomic E-state index is 10.8. The molecule has 0 spiro atoms. The van der Waals surface area contributed by atoms with Crippen molar-refractivity contribution in [2.45, 2.75) is 39.5 Å². The molecule has 0 saturated carbocycles. The van der Waals surface area contributed by atoms with Crippen molar-refractivity contribution >= 4 is 5.91 Å². The summed E-state index contributed by atoms with van der Waals surface area (Å²) < 4.78 is 0. The number of carbonyl (C=O) groups excluding carboxylic acids is 1. The lowest BCUT2D eigenvalue weighted by Gasteiger charge is -2.07. The standard InChI is InChI=1S/C8H15NO2/c1-3-5-7(6-4-2)8(10)9-11/h7H,3-6H2,1-2H3. The molecule has 0 N–H and O–H groups in total. The zero-order chi connectivity index (χ0) is 8.69. The minimum Gasteiger partial charge on any atom is -0.269 e. The van der Waals surface area contributed by atoms with Gasteiger partial charge < -0.3 is 0 Å². The second kappa shape index (κ2) is 6.01. The van der Waals surface area contributed by atoms with Gasteiger partial charge in [0.25, 0.3) is 5.91 Å². The zero-order valence-corrected chi connectivity index (χ0v) is 7.17. The van der Waals surface area contributed by atoms with Crippen LogP contribution in [0.15, 0.2) is 5.18 Å². The highest BCUT2D eigenvalue weighted by Crippen LogP contribution is 2.14. The Hall–Kier alpha value is -0.730. The number of nitroso groups, excluding NO2 is 1. The van der Waals surface area contributed by atoms with Gasteiger partial charge in [0.1, 0.15) is 0 Å². The lowest BCUT2D eigenvalue weighted by molar-refractivity contribution is -0.122. The first-order chi connectivity index (χ1) is 5.26. The number of amides is 1. The molecule has 1 amide bonds. The summed E-state index contributed by atoms with van der Waals surface area (Å²) >= 11 is 0. The highest BCUT2D eigenvalue weighted by molar-refractivity contribution is 5.79. The zero-order valence-electron chi connectivity index (χ0n) is 7.17. The highest BCUT2D eigenvalue weighted by atomic mass is 16.3. The maximum Gasteiger partial charge on any atom is 0.289 e. The van der Waals surface area contributed by atoms with E-state index in [1.54, 1.807) is 0 Å². The Morgan fingerprint density at radius 3 is 2.00 bits per heavy atom. The average Bonchev–Trinajstić information content (AvgIpc) is 2.03. The SMILES string of the molecule is CCCC(CCC)C(=O)N=O. The minimum atomic E-state index is -0.478. The lowest BCUT2D eigenvalue weighted by Crippen LogP contribution is -2.10. The van der Waals surface area contributed by atoms with E-state index in [0.29, 0.717) is 0 Å². The molecular formula is C8H15NO2. The molecule has 0 aliphatic rings. The minimum absolute atomic E-state index is 0.123. The van der Waals surface area contributed by atoms with Crippen molar-refractivity contribution in [1.29, 1.82) is 0 Å². The summed E-state index contributed by atoms with van der Waals surface area (Å²) in [6.45, 7) is 4.00. The maximum atomic E-state index is 10.8. The number of hydrogen-bond acceptors (Lipinski definition) is 2. The van der Waals surface area contributed by atoms with E-state index in [0.717, 1.165) is 25.7 Å². The molecule has 0 fully saturated rings. The van der Waals surface area contributed by atoms with Gasteiger partial charge in [0.2, 0.25) is 0 Å². The predicted molar refractivity (Wildman–Crippen MR) is 44.1 cm³/mol. The normalized spacial score (nSPS) is 10.1. The Labute approximate surface area is 67.2 Å². The summed E-state index contributed by atoms with van der Waals surface area (Å²) in [5.41, 5.74) is 0. The van der Waals surface area contributed by atoms with Gasteiger partial charge in [-0.25, -0.2) is 0 Å². The Morgan fingerprint density at radius 1 is 1.27 bits per heavy atom. The molecule has 64 valence electrons. The fourth-order valence-electron chi connectivity index (χ4n) is 1.16. The van der Waals surface area contributed by atoms with Gasteiger partial charge in [0.05, 0.1) is 0 Å². The molecule has 0 aliphatic carbocycles. The third-order valence-electron chi connectivity index (χ3n) is 1.71. The van der Waals surface area contributed by atoms with Gasteiger partial charge in [-0.1, -0.05) is 26.7 Å². The molecule has 0 aromatic rings. The first kappa shape index (κ1) is 10.3. The molecule has 3 nitrogen and oxygen atoms in total. The van der Waals surface area contributed by atoms with Crippen LogP contribution in [0.1, 0.15) is 39.5 Å². The molecule has 3 heteroatoms. The van der Waals surface area contributed by atoms with Crippen molar-refractivity contribution in [2.24, 2.45) is 11.1 Å². The van der Waals surface area contributed by atoms with Crippen LogP contribution in [0, 0.1) is 10.8 Å². The van der Waals surface area contributed by atoms with Crippen LogP contribution < -0.4 is 0 Å². The molecule has 0 unspecified atom stereocenters. The van der Waals surface area contributed by atoms with E-state index in [2.05, 4.69) is 5.18 Å². The third kappa shape index (κ3) is 3.86. The summed E-state index contributed by atoms with van der Waals surface area (Å²) in [4.78, 5) is 20.7. The van der Waals surface area contributed by atoms with Gasteiger partial charge in [0, 0.05) is 11.1 Å². The van der Waals surface area contributed by atoms with E-state index in [9.17, 15) is 9.70 Å². The molecule has 0 aliphatic heterocycles. The van der Waals surface area contributed by atoms with Gasteiger partial charge in [-0.05, 0) is 12.8 Å². The fraction of sp³-hybridized carbons (Fsp3) is 0.875.